The molecule has 0 aliphatic heterocycles. The van der Waals surface area contributed by atoms with E-state index < -0.39 is 10.0 Å². The van der Waals surface area contributed by atoms with Gasteiger partial charge in [-0.2, -0.15) is 0 Å². The number of carbonyl (C=O) groups excluding carboxylic acids is 1. The van der Waals surface area contributed by atoms with Crippen molar-refractivity contribution < 1.29 is 13.2 Å². The Bertz CT molecular complexity index is 599. The predicted molar refractivity (Wildman–Crippen MR) is 82.3 cm³/mol. The normalized spacial score (nSPS) is 13.0. The molecule has 1 aromatic rings. The fourth-order valence-electron chi connectivity index (χ4n) is 2.06. The zero-order valence-electron chi connectivity index (χ0n) is 12.8. The van der Waals surface area contributed by atoms with Gasteiger partial charge in [-0.05, 0) is 45.4 Å². The summed E-state index contributed by atoms with van der Waals surface area (Å²) in [5.74, 6) is 0. The predicted octanol–water partition coefficient (Wildman–Crippen LogP) is 1.83. The Morgan fingerprint density at radius 2 is 1.95 bits per heavy atom. The highest BCUT2D eigenvalue weighted by molar-refractivity contribution is 7.89. The Morgan fingerprint density at radius 1 is 1.33 bits per heavy atom. The van der Waals surface area contributed by atoms with Crippen LogP contribution in [0.1, 0.15) is 39.3 Å². The van der Waals surface area contributed by atoms with E-state index in [1.54, 1.807) is 24.0 Å². The quantitative estimate of drug-likeness (QED) is 0.868. The third-order valence-corrected chi connectivity index (χ3v) is 4.16. The molecule has 21 heavy (non-hydrogen) atoms. The summed E-state index contributed by atoms with van der Waals surface area (Å²) in [5, 5.41) is 7.97. The Balaban J connectivity index is 2.90. The molecule has 0 saturated carbocycles. The first-order valence-electron chi connectivity index (χ1n) is 6.86. The maximum Gasteiger partial charge on any atom is 0.318 e. The van der Waals surface area contributed by atoms with Crippen LogP contribution in [-0.4, -0.2) is 31.9 Å². The molecule has 1 atom stereocenters. The van der Waals surface area contributed by atoms with Gasteiger partial charge in [0.2, 0.25) is 10.0 Å². The van der Waals surface area contributed by atoms with E-state index >= 15 is 0 Å². The lowest BCUT2D eigenvalue weighted by Crippen LogP contribution is -2.44. The fourth-order valence-corrected chi connectivity index (χ4v) is 2.62. The van der Waals surface area contributed by atoms with Crippen molar-refractivity contribution in [3.05, 3.63) is 29.8 Å². The van der Waals surface area contributed by atoms with Gasteiger partial charge in [-0.15, -0.1) is 0 Å². The minimum atomic E-state index is -3.74. The van der Waals surface area contributed by atoms with E-state index in [1.165, 1.54) is 12.1 Å². The lowest BCUT2D eigenvalue weighted by molar-refractivity contribution is 0.183. The molecule has 3 N–H and O–H groups in total. The van der Waals surface area contributed by atoms with Crippen LogP contribution in [0.15, 0.2) is 29.2 Å². The van der Waals surface area contributed by atoms with Gasteiger partial charge < -0.3 is 10.2 Å². The zero-order chi connectivity index (χ0) is 16.2. The van der Waals surface area contributed by atoms with Crippen LogP contribution in [0.2, 0.25) is 0 Å². The largest absolute Gasteiger partial charge is 0.331 e. The van der Waals surface area contributed by atoms with E-state index in [0.717, 1.165) is 0 Å². The number of urea groups is 1. The van der Waals surface area contributed by atoms with Gasteiger partial charge in [0.1, 0.15) is 0 Å². The SMILES string of the molecule is CCN(C(=O)NC(C)c1cccc(S(N)(=O)=O)c1)C(C)C. The van der Waals surface area contributed by atoms with Crippen molar-refractivity contribution in [3.8, 4) is 0 Å². The first-order valence-corrected chi connectivity index (χ1v) is 8.41. The Labute approximate surface area is 126 Å². The lowest BCUT2D eigenvalue weighted by Gasteiger charge is -2.27. The molecule has 0 saturated heterocycles. The molecule has 118 valence electrons. The molecule has 0 radical (unpaired) electrons. The summed E-state index contributed by atoms with van der Waals surface area (Å²) >= 11 is 0. The molecule has 0 heterocycles. The van der Waals surface area contributed by atoms with Gasteiger partial charge in [-0.25, -0.2) is 18.4 Å². The van der Waals surface area contributed by atoms with E-state index in [1.807, 2.05) is 20.8 Å². The summed E-state index contributed by atoms with van der Waals surface area (Å²) in [5.41, 5.74) is 0.690. The number of sulfonamides is 1. The molecule has 1 unspecified atom stereocenters. The minimum Gasteiger partial charge on any atom is -0.331 e. The van der Waals surface area contributed by atoms with Crippen molar-refractivity contribution in [2.45, 2.75) is 44.7 Å². The average Bonchev–Trinajstić information content (AvgIpc) is 2.38. The molecule has 0 aliphatic carbocycles. The number of hydrogen-bond donors (Lipinski definition) is 2. The first kappa shape index (κ1) is 17.5. The molecule has 0 aliphatic rings. The van der Waals surface area contributed by atoms with E-state index in [4.69, 9.17) is 5.14 Å². The molecule has 7 heteroatoms. The van der Waals surface area contributed by atoms with E-state index in [0.29, 0.717) is 12.1 Å². The summed E-state index contributed by atoms with van der Waals surface area (Å²) < 4.78 is 22.7. The van der Waals surface area contributed by atoms with Crippen molar-refractivity contribution in [1.29, 1.82) is 0 Å². The molecule has 0 spiro atoms. The number of amides is 2. The van der Waals surface area contributed by atoms with Crippen LogP contribution in [0, 0.1) is 0 Å². The number of nitrogens with two attached hydrogens (primary N) is 1. The summed E-state index contributed by atoms with van der Waals surface area (Å²) in [6, 6.07) is 5.88. The van der Waals surface area contributed by atoms with Crippen molar-refractivity contribution in [2.75, 3.05) is 6.54 Å². The topological polar surface area (TPSA) is 92.5 Å². The van der Waals surface area contributed by atoms with Crippen molar-refractivity contribution in [2.24, 2.45) is 5.14 Å². The van der Waals surface area contributed by atoms with E-state index in [-0.39, 0.29) is 23.0 Å². The minimum absolute atomic E-state index is 0.0392. The van der Waals surface area contributed by atoms with Gasteiger partial charge >= 0.3 is 6.03 Å². The number of nitrogens with zero attached hydrogens (tertiary/aromatic N) is 1. The van der Waals surface area contributed by atoms with Gasteiger partial charge in [0.05, 0.1) is 10.9 Å². The monoisotopic (exact) mass is 313 g/mol. The number of nitrogens with one attached hydrogen (secondary N) is 1. The Hall–Kier alpha value is -1.60. The highest BCUT2D eigenvalue weighted by atomic mass is 32.2. The van der Waals surface area contributed by atoms with Crippen molar-refractivity contribution in [3.63, 3.8) is 0 Å². The number of hydrogen-bond acceptors (Lipinski definition) is 3. The van der Waals surface area contributed by atoms with E-state index in [9.17, 15) is 13.2 Å². The van der Waals surface area contributed by atoms with Crippen LogP contribution in [0.5, 0.6) is 0 Å². The number of primary sulfonamides is 1. The van der Waals surface area contributed by atoms with Gasteiger partial charge in [-0.3, -0.25) is 0 Å². The second-order valence-electron chi connectivity index (χ2n) is 5.17. The lowest BCUT2D eigenvalue weighted by atomic mass is 10.1. The van der Waals surface area contributed by atoms with Crippen LogP contribution in [0.25, 0.3) is 0 Å². The molecule has 0 aromatic heterocycles. The molecule has 6 nitrogen and oxygen atoms in total. The summed E-state index contributed by atoms with van der Waals surface area (Å²) in [4.78, 5) is 13.9. The maximum absolute atomic E-state index is 12.2. The smallest absolute Gasteiger partial charge is 0.318 e. The van der Waals surface area contributed by atoms with Crippen LogP contribution in [-0.2, 0) is 10.0 Å². The van der Waals surface area contributed by atoms with Crippen LogP contribution >= 0.6 is 0 Å². The third-order valence-electron chi connectivity index (χ3n) is 3.25. The van der Waals surface area contributed by atoms with Gasteiger partial charge in [-0.1, -0.05) is 12.1 Å². The van der Waals surface area contributed by atoms with Gasteiger partial charge in [0, 0.05) is 12.6 Å². The maximum atomic E-state index is 12.2. The van der Waals surface area contributed by atoms with Gasteiger partial charge in [0.15, 0.2) is 0 Å². The molecular formula is C14H23N3O3S. The summed E-state index contributed by atoms with van der Waals surface area (Å²) in [6.07, 6.45) is 0. The fraction of sp³-hybridized carbons (Fsp3) is 0.500. The Kier molecular flexibility index (Phi) is 5.74. The third kappa shape index (κ3) is 4.71. The molecule has 1 rings (SSSR count). The van der Waals surface area contributed by atoms with Crippen LogP contribution in [0.4, 0.5) is 4.79 Å². The second-order valence-corrected chi connectivity index (χ2v) is 6.73. The van der Waals surface area contributed by atoms with Crippen molar-refractivity contribution >= 4 is 16.1 Å². The highest BCUT2D eigenvalue weighted by Gasteiger charge is 2.18. The average molecular weight is 313 g/mol. The molecular weight excluding hydrogens is 290 g/mol. The number of rotatable bonds is 5. The van der Waals surface area contributed by atoms with E-state index in [2.05, 4.69) is 5.32 Å². The molecule has 0 fully saturated rings. The number of benzene rings is 1. The first-order chi connectivity index (χ1) is 9.66. The van der Waals surface area contributed by atoms with Crippen molar-refractivity contribution in [1.82, 2.24) is 10.2 Å². The van der Waals surface area contributed by atoms with Crippen LogP contribution < -0.4 is 10.5 Å². The van der Waals surface area contributed by atoms with Crippen LogP contribution in [0.3, 0.4) is 0 Å². The second kappa shape index (κ2) is 6.91. The molecule has 2 amide bonds. The Morgan fingerprint density at radius 3 is 2.43 bits per heavy atom. The zero-order valence-corrected chi connectivity index (χ0v) is 13.6. The molecule has 0 bridgehead atoms. The summed E-state index contributed by atoms with van der Waals surface area (Å²) in [6.45, 7) is 8.19. The molecule has 1 aromatic carbocycles. The standard InChI is InChI=1S/C14H23N3O3S/c1-5-17(10(2)3)14(18)16-11(4)12-7-6-8-13(9-12)21(15,19)20/h6-11H,5H2,1-4H3,(H,16,18)(H2,15,19,20). The summed E-state index contributed by atoms with van der Waals surface area (Å²) in [7, 11) is -3.74. The van der Waals surface area contributed by atoms with Gasteiger partial charge in [0.25, 0.3) is 0 Å². The number of carbonyl (C=O) groups is 1. The highest BCUT2D eigenvalue weighted by Crippen LogP contribution is 2.17.